The summed E-state index contributed by atoms with van der Waals surface area (Å²) in [6.45, 7) is 5.43. The van der Waals surface area contributed by atoms with E-state index >= 15 is 0 Å². The fraction of sp³-hybridized carbons (Fsp3) is 0.688. The molecule has 2 fully saturated rings. The minimum absolute atomic E-state index is 0. The van der Waals surface area contributed by atoms with Crippen LogP contribution in [-0.4, -0.2) is 93.1 Å². The van der Waals surface area contributed by atoms with Crippen LogP contribution in [0.5, 0.6) is 0 Å². The molecule has 1 aromatic rings. The molecule has 2 N–H and O–H groups in total. The summed E-state index contributed by atoms with van der Waals surface area (Å²) in [6, 6.07) is 1.79. The second kappa shape index (κ2) is 10.4. The Morgan fingerprint density at radius 2 is 1.96 bits per heavy atom. The van der Waals surface area contributed by atoms with Crippen LogP contribution in [0.3, 0.4) is 0 Å². The average molecular weight is 509 g/mol. The highest BCUT2D eigenvalue weighted by Gasteiger charge is 2.28. The lowest BCUT2D eigenvalue weighted by Gasteiger charge is -2.34. The summed E-state index contributed by atoms with van der Waals surface area (Å²) in [5.74, 6) is 1.92. The first-order valence-corrected chi connectivity index (χ1v) is 10.8. The summed E-state index contributed by atoms with van der Waals surface area (Å²) in [7, 11) is -1.18. The summed E-state index contributed by atoms with van der Waals surface area (Å²) in [5.41, 5.74) is 0. The Labute approximate surface area is 178 Å². The number of guanidine groups is 1. The normalized spacial score (nSPS) is 22.9. The van der Waals surface area contributed by atoms with E-state index in [2.05, 4.69) is 35.4 Å². The number of piperazine rings is 1. The number of rotatable bonds is 5. The molecule has 1 unspecified atom stereocenters. The Morgan fingerprint density at radius 3 is 2.56 bits per heavy atom. The van der Waals surface area contributed by atoms with Gasteiger partial charge in [0.25, 0.3) is 0 Å². The van der Waals surface area contributed by atoms with Gasteiger partial charge in [-0.15, -0.1) is 24.0 Å². The lowest BCUT2D eigenvalue weighted by atomic mass is 10.3. The molecule has 0 aliphatic carbocycles. The van der Waals surface area contributed by atoms with Crippen LogP contribution in [0, 0.1) is 0 Å². The third-order valence-corrected chi connectivity index (χ3v) is 6.49. The lowest BCUT2D eigenvalue weighted by Crippen LogP contribution is -2.50. The van der Waals surface area contributed by atoms with Gasteiger partial charge in [-0.2, -0.15) is 0 Å². The molecular formula is C16H28IN7O2S. The van der Waals surface area contributed by atoms with Gasteiger partial charge < -0.3 is 15.5 Å². The van der Waals surface area contributed by atoms with Gasteiger partial charge in [0.15, 0.2) is 15.8 Å². The van der Waals surface area contributed by atoms with E-state index < -0.39 is 9.84 Å². The number of anilines is 1. The Hall–Kier alpha value is -1.21. The Kier molecular flexibility index (Phi) is 8.48. The predicted molar refractivity (Wildman–Crippen MR) is 118 cm³/mol. The fourth-order valence-electron chi connectivity index (χ4n) is 3.26. The van der Waals surface area contributed by atoms with Gasteiger partial charge in [-0.05, 0) is 12.5 Å². The average Bonchev–Trinajstić information content (AvgIpc) is 3.00. The minimum Gasteiger partial charge on any atom is -0.355 e. The fourth-order valence-corrected chi connectivity index (χ4v) is 4.93. The molecule has 2 saturated heterocycles. The molecule has 27 heavy (non-hydrogen) atoms. The van der Waals surface area contributed by atoms with Crippen LogP contribution >= 0.6 is 24.0 Å². The van der Waals surface area contributed by atoms with Gasteiger partial charge in [0.2, 0.25) is 5.95 Å². The van der Waals surface area contributed by atoms with E-state index in [1.54, 1.807) is 19.4 Å². The summed E-state index contributed by atoms with van der Waals surface area (Å²) in [5, 5.41) is 6.48. The lowest BCUT2D eigenvalue weighted by molar-refractivity contribution is 0.260. The van der Waals surface area contributed by atoms with E-state index in [1.165, 1.54) is 0 Å². The summed E-state index contributed by atoms with van der Waals surface area (Å²) in [4.78, 5) is 17.4. The van der Waals surface area contributed by atoms with E-state index in [-0.39, 0.29) is 41.5 Å². The van der Waals surface area contributed by atoms with Crippen molar-refractivity contribution >= 4 is 45.7 Å². The largest absolute Gasteiger partial charge is 0.355 e. The zero-order valence-corrected chi connectivity index (χ0v) is 18.7. The molecule has 1 atom stereocenters. The second-order valence-electron chi connectivity index (χ2n) is 6.62. The number of aromatic nitrogens is 2. The first-order chi connectivity index (χ1) is 12.6. The molecule has 0 saturated carbocycles. The number of sulfone groups is 1. The summed E-state index contributed by atoms with van der Waals surface area (Å²) >= 11 is 0. The zero-order valence-electron chi connectivity index (χ0n) is 15.5. The first-order valence-electron chi connectivity index (χ1n) is 8.98. The van der Waals surface area contributed by atoms with Crippen molar-refractivity contribution < 1.29 is 8.42 Å². The number of hydrogen-bond acceptors (Lipinski definition) is 7. The van der Waals surface area contributed by atoms with Gasteiger partial charge in [0.1, 0.15) is 0 Å². The van der Waals surface area contributed by atoms with E-state index in [1.807, 2.05) is 6.07 Å². The van der Waals surface area contributed by atoms with Crippen LogP contribution in [0.25, 0.3) is 0 Å². The van der Waals surface area contributed by atoms with Crippen molar-refractivity contribution in [2.45, 2.75) is 12.5 Å². The minimum atomic E-state index is -2.88. The SMILES string of the molecule is CN=C(NCCN1CCN(c2ncccn2)CC1)NC1CCS(=O)(=O)C1.I. The number of hydrogen-bond donors (Lipinski definition) is 2. The highest BCUT2D eigenvalue weighted by atomic mass is 127. The molecule has 0 radical (unpaired) electrons. The molecular weight excluding hydrogens is 481 g/mol. The van der Waals surface area contributed by atoms with E-state index in [0.717, 1.165) is 45.2 Å². The highest BCUT2D eigenvalue weighted by molar-refractivity contribution is 14.0. The topological polar surface area (TPSA) is 103 Å². The molecule has 0 aromatic carbocycles. The zero-order chi connectivity index (χ0) is 18.4. The predicted octanol–water partition coefficient (Wildman–Crippen LogP) is -0.431. The van der Waals surface area contributed by atoms with Gasteiger partial charge >= 0.3 is 0 Å². The van der Waals surface area contributed by atoms with Crippen LogP contribution in [0.4, 0.5) is 5.95 Å². The highest BCUT2D eigenvalue weighted by Crippen LogP contribution is 2.11. The van der Waals surface area contributed by atoms with E-state index in [4.69, 9.17) is 0 Å². The van der Waals surface area contributed by atoms with Gasteiger partial charge in [0.05, 0.1) is 11.5 Å². The third kappa shape index (κ3) is 6.71. The molecule has 11 heteroatoms. The van der Waals surface area contributed by atoms with Crippen LogP contribution < -0.4 is 15.5 Å². The molecule has 2 aliphatic rings. The Bertz CT molecular complexity index is 709. The molecule has 0 bridgehead atoms. The Morgan fingerprint density at radius 1 is 1.26 bits per heavy atom. The van der Waals surface area contributed by atoms with Crippen molar-refractivity contribution in [3.8, 4) is 0 Å². The van der Waals surface area contributed by atoms with Crippen LogP contribution in [0.15, 0.2) is 23.5 Å². The van der Waals surface area contributed by atoms with Gasteiger partial charge in [0, 0.05) is 64.8 Å². The van der Waals surface area contributed by atoms with Crippen molar-refractivity contribution in [3.05, 3.63) is 18.5 Å². The second-order valence-corrected chi connectivity index (χ2v) is 8.85. The number of aliphatic imine (C=N–C) groups is 1. The molecule has 1 aromatic heterocycles. The molecule has 3 heterocycles. The molecule has 0 amide bonds. The summed E-state index contributed by atoms with van der Waals surface area (Å²) in [6.07, 6.45) is 4.19. The maximum atomic E-state index is 11.5. The van der Waals surface area contributed by atoms with Crippen LogP contribution in [-0.2, 0) is 9.84 Å². The maximum absolute atomic E-state index is 11.5. The molecule has 0 spiro atoms. The maximum Gasteiger partial charge on any atom is 0.225 e. The van der Waals surface area contributed by atoms with Gasteiger partial charge in [-0.25, -0.2) is 18.4 Å². The third-order valence-electron chi connectivity index (χ3n) is 4.72. The molecule has 2 aliphatic heterocycles. The molecule has 9 nitrogen and oxygen atoms in total. The number of halogens is 1. The van der Waals surface area contributed by atoms with Crippen molar-refractivity contribution in [2.24, 2.45) is 4.99 Å². The van der Waals surface area contributed by atoms with Crippen molar-refractivity contribution in [3.63, 3.8) is 0 Å². The van der Waals surface area contributed by atoms with Crippen LogP contribution in [0.1, 0.15) is 6.42 Å². The smallest absolute Gasteiger partial charge is 0.225 e. The molecule has 3 rings (SSSR count). The number of nitrogens with zero attached hydrogens (tertiary/aromatic N) is 5. The van der Waals surface area contributed by atoms with Crippen molar-refractivity contribution in [1.82, 2.24) is 25.5 Å². The Balaban J connectivity index is 0.00000261. The van der Waals surface area contributed by atoms with Gasteiger partial charge in [-0.1, -0.05) is 0 Å². The monoisotopic (exact) mass is 509 g/mol. The van der Waals surface area contributed by atoms with E-state index in [0.29, 0.717) is 12.4 Å². The van der Waals surface area contributed by atoms with Gasteiger partial charge in [-0.3, -0.25) is 9.89 Å². The van der Waals surface area contributed by atoms with Crippen molar-refractivity contribution in [2.75, 3.05) is 62.7 Å². The molecule has 152 valence electrons. The van der Waals surface area contributed by atoms with Crippen LogP contribution in [0.2, 0.25) is 0 Å². The summed E-state index contributed by atoms with van der Waals surface area (Å²) < 4.78 is 23.1. The standard InChI is InChI=1S/C16H27N7O2S.HI/c1-17-15(21-14-3-12-26(24,25)13-14)18-6-7-22-8-10-23(11-9-22)16-19-4-2-5-20-16;/h2,4-5,14H,3,6-13H2,1H3,(H2,17,18,21);1H. The van der Waals surface area contributed by atoms with E-state index in [9.17, 15) is 8.42 Å². The number of nitrogens with one attached hydrogen (secondary N) is 2. The van der Waals surface area contributed by atoms with Crippen molar-refractivity contribution in [1.29, 1.82) is 0 Å². The quantitative estimate of drug-likeness (QED) is 0.313. The first kappa shape index (κ1) is 22.1.